The van der Waals surface area contributed by atoms with Crippen LogP contribution in [0.2, 0.25) is 0 Å². The lowest BCUT2D eigenvalue weighted by molar-refractivity contribution is 0.728. The van der Waals surface area contributed by atoms with Crippen molar-refractivity contribution in [3.8, 4) is 0 Å². The fourth-order valence-electron chi connectivity index (χ4n) is 1.86. The molecule has 1 unspecified atom stereocenters. The lowest BCUT2D eigenvalue weighted by atomic mass is 10.1. The fraction of sp³-hybridized carbons (Fsp3) is 0.286. The van der Waals surface area contributed by atoms with E-state index in [1.54, 1.807) is 0 Å². The van der Waals surface area contributed by atoms with E-state index in [0.29, 0.717) is 10.9 Å². The first kappa shape index (κ1) is 15.3. The van der Waals surface area contributed by atoms with Crippen LogP contribution in [-0.4, -0.2) is 16.0 Å². The summed E-state index contributed by atoms with van der Waals surface area (Å²) in [5, 5.41) is 0.600. The Kier molecular flexibility index (Phi) is 5.01. The maximum atomic E-state index is 11.5. The number of nitrogens with two attached hydrogens (primary N) is 1. The summed E-state index contributed by atoms with van der Waals surface area (Å²) in [6, 6.07) is 7.59. The van der Waals surface area contributed by atoms with E-state index >= 15 is 0 Å². The summed E-state index contributed by atoms with van der Waals surface area (Å²) in [5.74, 6) is 0. The van der Waals surface area contributed by atoms with Gasteiger partial charge in [-0.15, -0.1) is 0 Å². The summed E-state index contributed by atoms with van der Waals surface area (Å²) in [4.78, 5) is 19.6. The summed E-state index contributed by atoms with van der Waals surface area (Å²) >= 11 is 4.92. The van der Waals surface area contributed by atoms with E-state index < -0.39 is 0 Å². The van der Waals surface area contributed by atoms with Crippen molar-refractivity contribution in [3.63, 3.8) is 0 Å². The van der Waals surface area contributed by atoms with Crippen molar-refractivity contribution in [2.75, 3.05) is 0 Å². The first-order valence-electron chi connectivity index (χ1n) is 6.24. The first-order valence-corrected chi connectivity index (χ1v) is 7.85. The van der Waals surface area contributed by atoms with E-state index in [2.05, 4.69) is 32.0 Å². The van der Waals surface area contributed by atoms with Crippen molar-refractivity contribution >= 4 is 27.7 Å². The molecule has 0 amide bonds. The molecule has 1 aromatic heterocycles. The van der Waals surface area contributed by atoms with E-state index in [9.17, 15) is 4.79 Å². The Bertz CT molecular complexity index is 670. The lowest BCUT2D eigenvalue weighted by Crippen LogP contribution is -2.18. The summed E-state index contributed by atoms with van der Waals surface area (Å²) < 4.78 is 1.02. The second-order valence-corrected chi connectivity index (χ2v) is 6.67. The maximum Gasteiger partial charge on any atom is 0.251 e. The molecule has 0 aliphatic carbocycles. The highest BCUT2D eigenvalue weighted by Crippen LogP contribution is 2.30. The molecule has 20 heavy (non-hydrogen) atoms. The minimum atomic E-state index is -0.133. The number of rotatable bonds is 4. The first-order chi connectivity index (χ1) is 9.44. The Morgan fingerprint density at radius 2 is 2.20 bits per heavy atom. The molecule has 2 aromatic rings. The number of nitrogens with one attached hydrogen (secondary N) is 1. The summed E-state index contributed by atoms with van der Waals surface area (Å²) in [6.45, 7) is 3.78. The van der Waals surface area contributed by atoms with Crippen molar-refractivity contribution in [3.05, 3.63) is 50.3 Å². The third-order valence-electron chi connectivity index (χ3n) is 2.62. The number of hydrogen-bond donors (Lipinski definition) is 2. The van der Waals surface area contributed by atoms with Crippen LogP contribution in [0.15, 0.2) is 43.6 Å². The van der Waals surface area contributed by atoms with E-state index in [1.165, 1.54) is 17.8 Å². The molecule has 6 heteroatoms. The molecular weight excluding hydrogens is 338 g/mol. The van der Waals surface area contributed by atoms with Gasteiger partial charge in [0, 0.05) is 27.2 Å². The molecule has 0 aliphatic heterocycles. The van der Waals surface area contributed by atoms with Gasteiger partial charge in [-0.3, -0.25) is 4.79 Å². The number of aryl methyl sites for hydroxylation is 1. The van der Waals surface area contributed by atoms with Crippen molar-refractivity contribution < 1.29 is 0 Å². The zero-order valence-corrected chi connectivity index (χ0v) is 13.7. The van der Waals surface area contributed by atoms with Gasteiger partial charge in [-0.25, -0.2) is 4.98 Å². The number of halogens is 1. The second-order valence-electron chi connectivity index (χ2n) is 4.73. The third-order valence-corrected chi connectivity index (χ3v) is 4.12. The van der Waals surface area contributed by atoms with Gasteiger partial charge in [0.15, 0.2) is 5.16 Å². The minimum absolute atomic E-state index is 0.0770. The number of nitrogens with zero attached hydrogens (tertiary/aromatic N) is 1. The van der Waals surface area contributed by atoms with Crippen molar-refractivity contribution in [1.82, 2.24) is 9.97 Å². The molecule has 2 rings (SSSR count). The Balaban J connectivity index is 2.34. The van der Waals surface area contributed by atoms with Crippen LogP contribution in [0.4, 0.5) is 0 Å². The quantitative estimate of drug-likeness (QED) is 0.829. The van der Waals surface area contributed by atoms with Crippen LogP contribution < -0.4 is 11.3 Å². The van der Waals surface area contributed by atoms with E-state index in [-0.39, 0.29) is 11.6 Å². The molecule has 0 radical (unpaired) electrons. The van der Waals surface area contributed by atoms with Crippen molar-refractivity contribution in [2.24, 2.45) is 5.73 Å². The average molecular weight is 354 g/mol. The number of hydrogen-bond acceptors (Lipinski definition) is 4. The van der Waals surface area contributed by atoms with Gasteiger partial charge in [-0.1, -0.05) is 27.7 Å². The Hall–Kier alpha value is -1.11. The molecule has 3 N–H and O–H groups in total. The molecule has 0 spiro atoms. The van der Waals surface area contributed by atoms with Crippen LogP contribution in [0.5, 0.6) is 0 Å². The molecule has 1 aromatic carbocycles. The second kappa shape index (κ2) is 6.56. The predicted octanol–water partition coefficient (Wildman–Crippen LogP) is 2.88. The SMILES string of the molecule is Cc1cc(=O)[nH]c(Sc2ccc(Br)cc2CC(C)N)n1. The molecule has 106 valence electrons. The molecular formula is C14H16BrN3OS. The zero-order valence-electron chi connectivity index (χ0n) is 11.3. The van der Waals surface area contributed by atoms with Crippen LogP contribution >= 0.6 is 27.7 Å². The molecule has 0 aliphatic rings. The van der Waals surface area contributed by atoms with Gasteiger partial charge in [0.2, 0.25) is 0 Å². The Morgan fingerprint density at radius 3 is 2.85 bits per heavy atom. The standard InChI is InChI=1S/C14H16BrN3OS/c1-8(16)5-10-7-11(15)3-4-12(10)20-14-17-9(2)6-13(19)18-14/h3-4,6-8H,5,16H2,1-2H3,(H,17,18,19). The number of aromatic nitrogens is 2. The smallest absolute Gasteiger partial charge is 0.251 e. The zero-order chi connectivity index (χ0) is 14.7. The van der Waals surface area contributed by atoms with Crippen molar-refractivity contribution in [1.29, 1.82) is 0 Å². The van der Waals surface area contributed by atoms with E-state index in [1.807, 2.05) is 26.0 Å². The average Bonchev–Trinajstić information content (AvgIpc) is 2.30. The van der Waals surface area contributed by atoms with Gasteiger partial charge >= 0.3 is 0 Å². The van der Waals surface area contributed by atoms with Crippen molar-refractivity contribution in [2.45, 2.75) is 36.4 Å². The molecule has 0 fully saturated rings. The monoisotopic (exact) mass is 353 g/mol. The molecule has 0 bridgehead atoms. The highest BCUT2D eigenvalue weighted by molar-refractivity contribution is 9.10. The molecule has 1 atom stereocenters. The van der Waals surface area contributed by atoms with Crippen LogP contribution in [0, 0.1) is 6.92 Å². The molecule has 4 nitrogen and oxygen atoms in total. The third kappa shape index (κ3) is 4.19. The number of benzene rings is 1. The van der Waals surface area contributed by atoms with Gasteiger partial charge in [0.1, 0.15) is 0 Å². The molecule has 0 saturated carbocycles. The van der Waals surface area contributed by atoms with Gasteiger partial charge in [0.25, 0.3) is 5.56 Å². The van der Waals surface area contributed by atoms with Gasteiger partial charge in [-0.2, -0.15) is 0 Å². The largest absolute Gasteiger partial charge is 0.328 e. The van der Waals surface area contributed by atoms with Crippen LogP contribution in [0.25, 0.3) is 0 Å². The summed E-state index contributed by atoms with van der Waals surface area (Å²) in [7, 11) is 0. The van der Waals surface area contributed by atoms with E-state index in [0.717, 1.165) is 21.4 Å². The minimum Gasteiger partial charge on any atom is -0.328 e. The Morgan fingerprint density at radius 1 is 1.45 bits per heavy atom. The highest BCUT2D eigenvalue weighted by Gasteiger charge is 2.09. The van der Waals surface area contributed by atoms with Crippen LogP contribution in [-0.2, 0) is 6.42 Å². The van der Waals surface area contributed by atoms with Gasteiger partial charge in [-0.05, 0) is 44.0 Å². The van der Waals surface area contributed by atoms with Crippen LogP contribution in [0.1, 0.15) is 18.2 Å². The predicted molar refractivity (Wildman–Crippen MR) is 85.2 cm³/mol. The number of aromatic amines is 1. The normalized spacial score (nSPS) is 12.4. The summed E-state index contributed by atoms with van der Waals surface area (Å²) in [6.07, 6.45) is 0.776. The lowest BCUT2D eigenvalue weighted by Gasteiger charge is -2.11. The Labute approximate surface area is 130 Å². The highest BCUT2D eigenvalue weighted by atomic mass is 79.9. The topological polar surface area (TPSA) is 71.8 Å². The van der Waals surface area contributed by atoms with Crippen LogP contribution in [0.3, 0.4) is 0 Å². The molecule has 0 saturated heterocycles. The maximum absolute atomic E-state index is 11.5. The summed E-state index contributed by atoms with van der Waals surface area (Å²) in [5.41, 5.74) is 7.61. The van der Waals surface area contributed by atoms with E-state index in [4.69, 9.17) is 5.73 Å². The van der Waals surface area contributed by atoms with Gasteiger partial charge < -0.3 is 10.7 Å². The van der Waals surface area contributed by atoms with Gasteiger partial charge in [0.05, 0.1) is 0 Å². The number of H-pyrrole nitrogens is 1. The molecule has 1 heterocycles. The fourth-order valence-corrected chi connectivity index (χ4v) is 3.23.